The van der Waals surface area contributed by atoms with Gasteiger partial charge in [0.15, 0.2) is 11.5 Å². The predicted molar refractivity (Wildman–Crippen MR) is 123 cm³/mol. The largest absolute Gasteiger partial charge is 0.493 e. The van der Waals surface area contributed by atoms with E-state index in [1.54, 1.807) is 18.2 Å². The Labute approximate surface area is 197 Å². The first-order chi connectivity index (χ1) is 15.9. The first-order valence-corrected chi connectivity index (χ1v) is 11.6. The molecule has 2 N–H and O–H groups in total. The molecule has 2 aromatic carbocycles. The van der Waals surface area contributed by atoms with Gasteiger partial charge in [-0.05, 0) is 48.9 Å². The third-order valence-electron chi connectivity index (χ3n) is 5.45. The van der Waals surface area contributed by atoms with Gasteiger partial charge in [0.1, 0.15) is 12.1 Å². The number of benzene rings is 2. The second-order valence-corrected chi connectivity index (χ2v) is 10.0. The van der Waals surface area contributed by atoms with Crippen LogP contribution in [0, 0.1) is 0 Å². The van der Waals surface area contributed by atoms with Gasteiger partial charge in [0, 0.05) is 19.8 Å². The number of nitrogens with zero attached hydrogens (tertiary/aromatic N) is 2. The number of amides is 4. The fraction of sp³-hybridized carbons (Fsp3) is 0.318. The maximum absolute atomic E-state index is 13.1. The topological polar surface area (TPSA) is 134 Å². The summed E-state index contributed by atoms with van der Waals surface area (Å²) in [5, 5.41) is 5.19. The van der Waals surface area contributed by atoms with Crippen molar-refractivity contribution in [3.05, 3.63) is 48.0 Å². The number of urea groups is 1. The molecule has 1 heterocycles. The number of sulfonamides is 1. The van der Waals surface area contributed by atoms with Crippen LogP contribution in [0.15, 0.2) is 47.4 Å². The monoisotopic (exact) mass is 490 g/mol. The van der Waals surface area contributed by atoms with Crippen LogP contribution in [0.1, 0.15) is 12.5 Å². The Morgan fingerprint density at radius 2 is 1.68 bits per heavy atom. The zero-order chi connectivity index (χ0) is 25.3. The summed E-state index contributed by atoms with van der Waals surface area (Å²) in [7, 11) is 2.16. The van der Waals surface area contributed by atoms with Gasteiger partial charge in [-0.3, -0.25) is 14.5 Å². The molecule has 1 atom stereocenters. The molecule has 0 aromatic heterocycles. The fourth-order valence-electron chi connectivity index (χ4n) is 3.45. The van der Waals surface area contributed by atoms with Crippen molar-refractivity contribution in [3.63, 3.8) is 0 Å². The summed E-state index contributed by atoms with van der Waals surface area (Å²) in [6, 6.07) is 9.68. The first-order valence-electron chi connectivity index (χ1n) is 10.1. The Morgan fingerprint density at radius 3 is 2.24 bits per heavy atom. The van der Waals surface area contributed by atoms with E-state index in [4.69, 9.17) is 9.47 Å². The summed E-state index contributed by atoms with van der Waals surface area (Å²) >= 11 is 0. The second kappa shape index (κ2) is 9.31. The van der Waals surface area contributed by atoms with Gasteiger partial charge in [0.05, 0.1) is 19.1 Å². The van der Waals surface area contributed by atoms with Gasteiger partial charge in [-0.1, -0.05) is 6.07 Å². The molecular weight excluding hydrogens is 464 g/mol. The Bertz CT molecular complexity index is 1230. The molecule has 1 aliphatic rings. The summed E-state index contributed by atoms with van der Waals surface area (Å²) in [5.74, 6) is -0.373. The molecule has 4 amide bonds. The lowest BCUT2D eigenvalue weighted by atomic mass is 9.91. The summed E-state index contributed by atoms with van der Waals surface area (Å²) in [6.07, 6.45) is 0. The number of carbonyl (C=O) groups is 3. The standard InChI is InChI=1S/C22H26N4O7S/c1-22(14-6-11-17(32-4)18(12-14)33-5)20(28)26(21(29)24-22)13-19(27)23-15-7-9-16(10-8-15)34(30,31)25(2)3/h6-12H,13H2,1-5H3,(H,23,27)(H,24,29)/t22-/m1/s1. The van der Waals surface area contributed by atoms with Crippen molar-refractivity contribution in [2.24, 2.45) is 0 Å². The van der Waals surface area contributed by atoms with E-state index in [2.05, 4.69) is 10.6 Å². The maximum atomic E-state index is 13.1. The normalized spacial score (nSPS) is 18.1. The molecule has 2 aromatic rings. The minimum absolute atomic E-state index is 0.0651. The van der Waals surface area contributed by atoms with Crippen LogP contribution in [0.3, 0.4) is 0 Å². The lowest BCUT2D eigenvalue weighted by Gasteiger charge is -2.23. The molecule has 1 saturated heterocycles. The Morgan fingerprint density at radius 1 is 1.06 bits per heavy atom. The van der Waals surface area contributed by atoms with Gasteiger partial charge in [-0.2, -0.15) is 0 Å². The molecule has 182 valence electrons. The summed E-state index contributed by atoms with van der Waals surface area (Å²) in [4.78, 5) is 39.1. The van der Waals surface area contributed by atoms with Crippen molar-refractivity contribution in [3.8, 4) is 11.5 Å². The van der Waals surface area contributed by atoms with Crippen LogP contribution in [0.25, 0.3) is 0 Å². The van der Waals surface area contributed by atoms with Gasteiger partial charge in [-0.15, -0.1) is 0 Å². The molecule has 0 saturated carbocycles. The SMILES string of the molecule is COc1ccc([C@@]2(C)NC(=O)N(CC(=O)Nc3ccc(S(=O)(=O)N(C)C)cc3)C2=O)cc1OC. The molecule has 1 fully saturated rings. The van der Waals surface area contributed by atoms with E-state index in [1.165, 1.54) is 59.5 Å². The third kappa shape index (κ3) is 4.54. The zero-order valence-electron chi connectivity index (χ0n) is 19.4. The number of hydrogen-bond donors (Lipinski definition) is 2. The van der Waals surface area contributed by atoms with Crippen LogP contribution in [-0.4, -0.2) is 70.3 Å². The minimum Gasteiger partial charge on any atom is -0.493 e. The van der Waals surface area contributed by atoms with Crippen LogP contribution in [0.2, 0.25) is 0 Å². The van der Waals surface area contributed by atoms with Crippen molar-refractivity contribution < 1.29 is 32.3 Å². The summed E-state index contributed by atoms with van der Waals surface area (Å²) in [5.41, 5.74) is -0.624. The lowest BCUT2D eigenvalue weighted by molar-refractivity contribution is -0.133. The molecule has 0 aliphatic carbocycles. The molecular formula is C22H26N4O7S. The van der Waals surface area contributed by atoms with E-state index in [9.17, 15) is 22.8 Å². The number of imide groups is 1. The van der Waals surface area contributed by atoms with Crippen LogP contribution in [0.4, 0.5) is 10.5 Å². The quantitative estimate of drug-likeness (QED) is 0.534. The highest BCUT2D eigenvalue weighted by molar-refractivity contribution is 7.89. The summed E-state index contributed by atoms with van der Waals surface area (Å²) < 4.78 is 35.9. The smallest absolute Gasteiger partial charge is 0.325 e. The average Bonchev–Trinajstić information content (AvgIpc) is 3.02. The molecule has 1 aliphatic heterocycles. The molecule has 0 spiro atoms. The number of hydrogen-bond acceptors (Lipinski definition) is 7. The number of methoxy groups -OCH3 is 2. The van der Waals surface area contributed by atoms with Crippen LogP contribution < -0.4 is 20.1 Å². The number of anilines is 1. The number of rotatable bonds is 8. The fourth-order valence-corrected chi connectivity index (χ4v) is 4.35. The van der Waals surface area contributed by atoms with Crippen LogP contribution in [0.5, 0.6) is 11.5 Å². The molecule has 0 bridgehead atoms. The highest BCUT2D eigenvalue weighted by Gasteiger charge is 2.49. The van der Waals surface area contributed by atoms with E-state index >= 15 is 0 Å². The molecule has 11 nitrogen and oxygen atoms in total. The van der Waals surface area contributed by atoms with Crippen molar-refractivity contribution in [1.29, 1.82) is 0 Å². The number of nitrogens with one attached hydrogen (secondary N) is 2. The highest BCUT2D eigenvalue weighted by Crippen LogP contribution is 2.35. The van der Waals surface area contributed by atoms with Gasteiger partial charge in [-0.25, -0.2) is 17.5 Å². The Kier molecular flexibility index (Phi) is 6.84. The zero-order valence-corrected chi connectivity index (χ0v) is 20.2. The second-order valence-electron chi connectivity index (χ2n) is 7.88. The van der Waals surface area contributed by atoms with Gasteiger partial charge in [0.25, 0.3) is 5.91 Å². The third-order valence-corrected chi connectivity index (χ3v) is 7.28. The average molecular weight is 491 g/mol. The number of ether oxygens (including phenoxy) is 2. The molecule has 0 unspecified atom stereocenters. The van der Waals surface area contributed by atoms with Crippen LogP contribution in [-0.2, 0) is 25.2 Å². The van der Waals surface area contributed by atoms with E-state index in [1.807, 2.05) is 0 Å². The van der Waals surface area contributed by atoms with Crippen molar-refractivity contribution >= 4 is 33.6 Å². The summed E-state index contributed by atoms with van der Waals surface area (Å²) in [6.45, 7) is 1.02. The van der Waals surface area contributed by atoms with Gasteiger partial charge in [0.2, 0.25) is 15.9 Å². The van der Waals surface area contributed by atoms with Gasteiger partial charge >= 0.3 is 6.03 Å². The van der Waals surface area contributed by atoms with E-state index in [-0.39, 0.29) is 4.90 Å². The lowest BCUT2D eigenvalue weighted by Crippen LogP contribution is -2.42. The Hall–Kier alpha value is -3.64. The van der Waals surface area contributed by atoms with E-state index in [0.29, 0.717) is 22.7 Å². The highest BCUT2D eigenvalue weighted by atomic mass is 32.2. The molecule has 0 radical (unpaired) electrons. The maximum Gasteiger partial charge on any atom is 0.325 e. The van der Waals surface area contributed by atoms with Crippen molar-refractivity contribution in [2.75, 3.05) is 40.2 Å². The van der Waals surface area contributed by atoms with Crippen molar-refractivity contribution in [2.45, 2.75) is 17.4 Å². The van der Waals surface area contributed by atoms with Crippen molar-refractivity contribution in [1.82, 2.24) is 14.5 Å². The molecule has 34 heavy (non-hydrogen) atoms. The predicted octanol–water partition coefficient (Wildman–Crippen LogP) is 1.36. The number of carbonyl (C=O) groups excluding carboxylic acids is 3. The minimum atomic E-state index is -3.61. The van der Waals surface area contributed by atoms with E-state index < -0.39 is 40.0 Å². The Balaban J connectivity index is 1.73. The molecule has 12 heteroatoms. The van der Waals surface area contributed by atoms with Gasteiger partial charge < -0.3 is 20.1 Å². The first kappa shape index (κ1) is 25.0. The van der Waals surface area contributed by atoms with Crippen LogP contribution >= 0.6 is 0 Å². The van der Waals surface area contributed by atoms with E-state index in [0.717, 1.165) is 9.21 Å². The molecule has 3 rings (SSSR count).